The van der Waals surface area contributed by atoms with Crippen molar-refractivity contribution >= 4 is 35.3 Å². The first kappa shape index (κ1) is 16.6. The molecule has 2 atom stereocenters. The Labute approximate surface area is 153 Å². The maximum absolute atomic E-state index is 12.3. The molecule has 134 valence electrons. The van der Waals surface area contributed by atoms with Crippen molar-refractivity contribution in [3.8, 4) is 11.5 Å². The minimum atomic E-state index is -0.781. The number of ether oxygens (including phenoxy) is 2. The molecule has 0 fully saturated rings. The van der Waals surface area contributed by atoms with Crippen molar-refractivity contribution in [2.45, 2.75) is 11.4 Å². The lowest BCUT2D eigenvalue weighted by molar-refractivity contribution is -0.131. The molecule has 9 heteroatoms. The number of nitrogens with zero attached hydrogens (tertiary/aromatic N) is 2. The number of carbonyl (C=O) groups is 3. The zero-order valence-electron chi connectivity index (χ0n) is 13.6. The molecule has 1 N–H and O–H groups in total. The van der Waals surface area contributed by atoms with Crippen LogP contribution in [0.5, 0.6) is 11.5 Å². The van der Waals surface area contributed by atoms with E-state index in [1.54, 1.807) is 29.7 Å². The Balaban J connectivity index is 1.31. The van der Waals surface area contributed by atoms with Gasteiger partial charge in [0.1, 0.15) is 11.9 Å². The van der Waals surface area contributed by atoms with Crippen molar-refractivity contribution in [2.24, 2.45) is 4.99 Å². The van der Waals surface area contributed by atoms with Gasteiger partial charge in [0.2, 0.25) is 12.0 Å². The van der Waals surface area contributed by atoms with Crippen LogP contribution in [0, 0.1) is 0 Å². The monoisotopic (exact) mass is 373 g/mol. The number of aliphatic imine (C=N–C) groups is 1. The number of benzene rings is 1. The summed E-state index contributed by atoms with van der Waals surface area (Å²) in [7, 11) is 0. The van der Waals surface area contributed by atoms with E-state index >= 15 is 0 Å². The summed E-state index contributed by atoms with van der Waals surface area (Å²) in [4.78, 5) is 41.5. The minimum Gasteiger partial charge on any atom is -0.485 e. The van der Waals surface area contributed by atoms with Crippen molar-refractivity contribution < 1.29 is 23.9 Å². The van der Waals surface area contributed by atoms with E-state index in [2.05, 4.69) is 10.3 Å². The van der Waals surface area contributed by atoms with Crippen LogP contribution in [-0.2, 0) is 9.59 Å². The number of fused-ring (bicyclic) bond motifs is 2. The van der Waals surface area contributed by atoms with E-state index < -0.39 is 17.4 Å². The third-order valence-electron chi connectivity index (χ3n) is 4.10. The van der Waals surface area contributed by atoms with Gasteiger partial charge in [0, 0.05) is 13.1 Å². The molecule has 3 aliphatic heterocycles. The number of amides is 4. The fourth-order valence-electron chi connectivity index (χ4n) is 2.79. The van der Waals surface area contributed by atoms with Gasteiger partial charge < -0.3 is 14.8 Å². The zero-order valence-corrected chi connectivity index (χ0v) is 14.4. The van der Waals surface area contributed by atoms with Crippen LogP contribution in [0.3, 0.4) is 0 Å². The molecule has 0 saturated carbocycles. The van der Waals surface area contributed by atoms with Crippen LogP contribution < -0.4 is 14.8 Å². The van der Waals surface area contributed by atoms with Crippen LogP contribution in [0.15, 0.2) is 40.7 Å². The number of carbonyl (C=O) groups excluding carboxylic acids is 3. The van der Waals surface area contributed by atoms with Crippen LogP contribution >= 0.6 is 11.8 Å². The summed E-state index contributed by atoms with van der Waals surface area (Å²) in [5.74, 6) is 0.429. The smallest absolute Gasteiger partial charge is 0.350 e. The first-order valence-electron chi connectivity index (χ1n) is 8.05. The van der Waals surface area contributed by atoms with Crippen molar-refractivity contribution in [1.29, 1.82) is 0 Å². The summed E-state index contributed by atoms with van der Waals surface area (Å²) < 4.78 is 11.1. The number of hydrogen-bond donors (Lipinski definition) is 1. The number of rotatable bonds is 4. The number of thioether (sulfide) groups is 1. The third-order valence-corrected chi connectivity index (χ3v) is 5.11. The molecule has 4 amide bonds. The lowest BCUT2D eigenvalue weighted by Gasteiger charge is -2.27. The largest absolute Gasteiger partial charge is 0.485 e. The van der Waals surface area contributed by atoms with E-state index in [9.17, 15) is 14.4 Å². The SMILES string of the molecule is O=C(NCCN1C(=O)N=C2C=CSC2C1=O)C1COc2ccccc2O1. The fourth-order valence-corrected chi connectivity index (χ4v) is 3.68. The highest BCUT2D eigenvalue weighted by Gasteiger charge is 2.38. The van der Waals surface area contributed by atoms with Gasteiger partial charge in [-0.1, -0.05) is 12.1 Å². The van der Waals surface area contributed by atoms with E-state index in [1.807, 2.05) is 6.07 Å². The average molecular weight is 373 g/mol. The van der Waals surface area contributed by atoms with Gasteiger partial charge >= 0.3 is 6.03 Å². The molecule has 8 nitrogen and oxygen atoms in total. The molecule has 0 aromatic heterocycles. The Bertz CT molecular complexity index is 837. The fraction of sp³-hybridized carbons (Fsp3) is 0.294. The van der Waals surface area contributed by atoms with Gasteiger partial charge in [-0.2, -0.15) is 4.99 Å². The second kappa shape index (κ2) is 6.83. The molecular weight excluding hydrogens is 358 g/mol. The highest BCUT2D eigenvalue weighted by molar-refractivity contribution is 8.04. The second-order valence-electron chi connectivity index (χ2n) is 5.78. The van der Waals surface area contributed by atoms with Crippen molar-refractivity contribution in [3.05, 3.63) is 35.7 Å². The van der Waals surface area contributed by atoms with Gasteiger partial charge in [-0.25, -0.2) is 4.79 Å². The summed E-state index contributed by atoms with van der Waals surface area (Å²) >= 11 is 1.32. The molecule has 3 heterocycles. The van der Waals surface area contributed by atoms with Gasteiger partial charge in [-0.05, 0) is 23.6 Å². The maximum Gasteiger partial charge on any atom is 0.350 e. The maximum atomic E-state index is 12.3. The first-order valence-corrected chi connectivity index (χ1v) is 9.00. The molecule has 2 unspecified atom stereocenters. The molecule has 0 radical (unpaired) electrons. The zero-order chi connectivity index (χ0) is 18.1. The summed E-state index contributed by atoms with van der Waals surface area (Å²) in [6.07, 6.45) is 0.888. The Hall–Kier alpha value is -2.81. The third kappa shape index (κ3) is 3.05. The van der Waals surface area contributed by atoms with Crippen LogP contribution in [0.1, 0.15) is 0 Å². The van der Waals surface area contributed by atoms with Crippen molar-refractivity contribution in [3.63, 3.8) is 0 Å². The molecule has 1 aromatic carbocycles. The lowest BCUT2D eigenvalue weighted by atomic mass is 10.2. The topological polar surface area (TPSA) is 97.3 Å². The van der Waals surface area contributed by atoms with E-state index in [4.69, 9.17) is 9.47 Å². The molecular formula is C17H15N3O5S. The summed E-state index contributed by atoms with van der Waals surface area (Å²) in [6, 6.07) is 6.50. The van der Waals surface area contributed by atoms with Gasteiger partial charge in [-0.15, -0.1) is 11.8 Å². The summed E-state index contributed by atoms with van der Waals surface area (Å²) in [5, 5.41) is 3.96. The Kier molecular flexibility index (Phi) is 4.37. The van der Waals surface area contributed by atoms with E-state index in [-0.39, 0.29) is 31.5 Å². The number of hydrogen-bond acceptors (Lipinski definition) is 6. The highest BCUT2D eigenvalue weighted by Crippen LogP contribution is 2.31. The standard InChI is InChI=1S/C17H15N3O5S/c21-15(13-9-24-11-3-1-2-4-12(11)25-13)18-6-7-20-16(22)14-10(5-8-26-14)19-17(20)23/h1-5,8,13-14H,6-7,9H2,(H,18,21). The van der Waals surface area contributed by atoms with Gasteiger partial charge in [0.25, 0.3) is 5.91 Å². The Morgan fingerprint density at radius 3 is 2.96 bits per heavy atom. The Morgan fingerprint density at radius 2 is 2.12 bits per heavy atom. The molecule has 3 aliphatic rings. The van der Waals surface area contributed by atoms with Crippen LogP contribution in [-0.4, -0.2) is 59.5 Å². The average Bonchev–Trinajstić information content (AvgIpc) is 3.12. The highest BCUT2D eigenvalue weighted by atomic mass is 32.2. The normalized spacial score (nSPS) is 23.5. The predicted molar refractivity (Wildman–Crippen MR) is 94.4 cm³/mol. The van der Waals surface area contributed by atoms with Crippen LogP contribution in [0.4, 0.5) is 4.79 Å². The minimum absolute atomic E-state index is 0.0570. The first-order chi connectivity index (χ1) is 12.6. The molecule has 0 aliphatic carbocycles. The van der Waals surface area contributed by atoms with Gasteiger partial charge in [-0.3, -0.25) is 14.5 Å². The predicted octanol–water partition coefficient (Wildman–Crippen LogP) is 0.975. The quantitative estimate of drug-likeness (QED) is 0.845. The number of nitrogens with one attached hydrogen (secondary N) is 1. The van der Waals surface area contributed by atoms with Gasteiger partial charge in [0.15, 0.2) is 11.5 Å². The number of urea groups is 1. The molecule has 26 heavy (non-hydrogen) atoms. The molecule has 4 rings (SSSR count). The molecule has 0 saturated heterocycles. The van der Waals surface area contributed by atoms with Crippen molar-refractivity contribution in [1.82, 2.24) is 10.2 Å². The van der Waals surface area contributed by atoms with E-state index in [1.165, 1.54) is 11.8 Å². The number of allylic oxidation sites excluding steroid dienone is 1. The van der Waals surface area contributed by atoms with Gasteiger partial charge in [0.05, 0.1) is 5.71 Å². The second-order valence-corrected chi connectivity index (χ2v) is 6.80. The lowest BCUT2D eigenvalue weighted by Crippen LogP contribution is -2.51. The molecule has 1 aromatic rings. The molecule has 0 spiro atoms. The Morgan fingerprint density at radius 1 is 1.31 bits per heavy atom. The molecule has 0 bridgehead atoms. The van der Waals surface area contributed by atoms with Crippen LogP contribution in [0.25, 0.3) is 0 Å². The van der Waals surface area contributed by atoms with E-state index in [0.717, 1.165) is 4.90 Å². The number of imide groups is 1. The summed E-state index contributed by atoms with van der Waals surface area (Å²) in [5.41, 5.74) is 0.483. The van der Waals surface area contributed by atoms with E-state index in [0.29, 0.717) is 17.2 Å². The number of para-hydroxylation sites is 2. The van der Waals surface area contributed by atoms with Crippen molar-refractivity contribution in [2.75, 3.05) is 19.7 Å². The summed E-state index contributed by atoms with van der Waals surface area (Å²) in [6.45, 7) is 0.275. The van der Waals surface area contributed by atoms with Crippen LogP contribution in [0.2, 0.25) is 0 Å².